The molecule has 5 heteroatoms. The van der Waals surface area contributed by atoms with Gasteiger partial charge < -0.3 is 19.7 Å². The summed E-state index contributed by atoms with van der Waals surface area (Å²) in [5.41, 5.74) is 0. The van der Waals surface area contributed by atoms with E-state index in [2.05, 4.69) is 13.1 Å². The van der Waals surface area contributed by atoms with Gasteiger partial charge in [0.2, 0.25) is 0 Å². The molecule has 1 aromatic carbocycles. The number of ether oxygens (including phenoxy) is 2. The first-order valence-corrected chi connectivity index (χ1v) is 9.25. The quantitative estimate of drug-likeness (QED) is 0.539. The van der Waals surface area contributed by atoms with Gasteiger partial charge in [-0.05, 0) is 30.7 Å². The molecule has 0 aromatic heterocycles. The Morgan fingerprint density at radius 3 is 2.47 bits per heavy atom. The first-order chi connectivity index (χ1) is 9.08. The molecule has 1 aromatic rings. The van der Waals surface area contributed by atoms with Gasteiger partial charge in [0.05, 0.1) is 6.61 Å². The van der Waals surface area contributed by atoms with Crippen molar-refractivity contribution >= 4 is 8.80 Å². The van der Waals surface area contributed by atoms with Gasteiger partial charge in [-0.25, -0.2) is 0 Å². The van der Waals surface area contributed by atoms with Crippen LogP contribution in [-0.2, 0) is 4.74 Å². The van der Waals surface area contributed by atoms with E-state index in [1.54, 1.807) is 24.3 Å². The topological polar surface area (TPSA) is 58.9 Å². The lowest BCUT2D eigenvalue weighted by Crippen LogP contribution is -2.23. The van der Waals surface area contributed by atoms with Crippen LogP contribution in [0, 0.1) is 0 Å². The Kier molecular flexibility index (Phi) is 7.55. The summed E-state index contributed by atoms with van der Waals surface area (Å²) < 4.78 is 10.8. The highest BCUT2D eigenvalue weighted by Crippen LogP contribution is 2.15. The minimum absolute atomic E-state index is 0.172. The van der Waals surface area contributed by atoms with Crippen molar-refractivity contribution in [3.05, 3.63) is 24.3 Å². The van der Waals surface area contributed by atoms with Gasteiger partial charge in [0.25, 0.3) is 0 Å². The van der Waals surface area contributed by atoms with Gasteiger partial charge in [-0.1, -0.05) is 19.1 Å². The zero-order chi connectivity index (χ0) is 14.1. The fourth-order valence-corrected chi connectivity index (χ4v) is 2.38. The third-order valence-electron chi connectivity index (χ3n) is 2.55. The van der Waals surface area contributed by atoms with Crippen molar-refractivity contribution < 1.29 is 19.7 Å². The average Bonchev–Trinajstić information content (AvgIpc) is 2.37. The van der Waals surface area contributed by atoms with Crippen LogP contribution in [0.15, 0.2) is 24.3 Å². The SMILES string of the molecule is C[Si](C)CCCOCC(O)COc1ccc(O)cc1. The smallest absolute Gasteiger partial charge is 0.119 e. The molecule has 107 valence electrons. The number of hydrogen-bond donors (Lipinski definition) is 2. The van der Waals surface area contributed by atoms with Crippen LogP contribution in [0.1, 0.15) is 6.42 Å². The fourth-order valence-electron chi connectivity index (χ4n) is 1.53. The molecule has 1 unspecified atom stereocenters. The van der Waals surface area contributed by atoms with Crippen LogP contribution in [0.3, 0.4) is 0 Å². The van der Waals surface area contributed by atoms with Gasteiger partial charge in [-0.3, -0.25) is 0 Å². The maximum atomic E-state index is 9.68. The standard InChI is InChI=1S/C14H23O4Si/c1-19(2)9-3-8-17-10-13(16)11-18-14-6-4-12(15)5-7-14/h4-7,13,15-16H,3,8-11H2,1-2H3. The molecule has 0 saturated carbocycles. The normalized spacial score (nSPS) is 12.6. The van der Waals surface area contributed by atoms with Gasteiger partial charge in [-0.2, -0.15) is 0 Å². The van der Waals surface area contributed by atoms with E-state index in [1.165, 1.54) is 6.04 Å². The second-order valence-corrected chi connectivity index (χ2v) is 7.76. The maximum Gasteiger partial charge on any atom is 0.119 e. The second-order valence-electron chi connectivity index (χ2n) is 4.84. The predicted molar refractivity (Wildman–Crippen MR) is 77.3 cm³/mol. The highest BCUT2D eigenvalue weighted by molar-refractivity contribution is 6.55. The summed E-state index contributed by atoms with van der Waals surface area (Å²) >= 11 is 0. The Hall–Kier alpha value is -1.04. The van der Waals surface area contributed by atoms with Crippen LogP contribution in [0.2, 0.25) is 19.1 Å². The molecule has 0 spiro atoms. The molecule has 0 bridgehead atoms. The van der Waals surface area contributed by atoms with Crippen molar-refractivity contribution in [2.45, 2.75) is 31.7 Å². The number of aromatic hydroxyl groups is 1. The molecular weight excluding hydrogens is 260 g/mol. The highest BCUT2D eigenvalue weighted by Gasteiger charge is 2.06. The van der Waals surface area contributed by atoms with E-state index in [4.69, 9.17) is 14.6 Å². The second kappa shape index (κ2) is 8.96. The number of aliphatic hydroxyl groups excluding tert-OH is 1. The number of phenolic OH excluding ortho intramolecular Hbond substituents is 1. The molecule has 0 aliphatic carbocycles. The largest absolute Gasteiger partial charge is 0.508 e. The number of hydrogen-bond acceptors (Lipinski definition) is 4. The zero-order valence-corrected chi connectivity index (χ0v) is 12.6. The summed E-state index contributed by atoms with van der Waals surface area (Å²) in [6, 6.07) is 7.66. The molecule has 1 radical (unpaired) electrons. The van der Waals surface area contributed by atoms with Crippen LogP contribution in [0.25, 0.3) is 0 Å². The maximum absolute atomic E-state index is 9.68. The number of rotatable bonds is 9. The Bertz CT molecular complexity index is 340. The fraction of sp³-hybridized carbons (Fsp3) is 0.571. The molecule has 4 nitrogen and oxygen atoms in total. The van der Waals surface area contributed by atoms with Crippen LogP contribution in [-0.4, -0.2) is 44.9 Å². The van der Waals surface area contributed by atoms with Gasteiger partial charge >= 0.3 is 0 Å². The average molecular weight is 283 g/mol. The van der Waals surface area contributed by atoms with E-state index < -0.39 is 6.10 Å². The molecule has 19 heavy (non-hydrogen) atoms. The van der Waals surface area contributed by atoms with Crippen molar-refractivity contribution in [2.75, 3.05) is 19.8 Å². The van der Waals surface area contributed by atoms with E-state index in [0.29, 0.717) is 19.0 Å². The number of aliphatic hydroxyl groups is 1. The first kappa shape index (κ1) is 16.0. The molecule has 2 N–H and O–H groups in total. The molecule has 0 fully saturated rings. The monoisotopic (exact) mass is 283 g/mol. The Balaban J connectivity index is 2.07. The van der Waals surface area contributed by atoms with Crippen molar-refractivity contribution in [1.82, 2.24) is 0 Å². The van der Waals surface area contributed by atoms with Crippen molar-refractivity contribution in [1.29, 1.82) is 0 Å². The van der Waals surface area contributed by atoms with E-state index in [0.717, 1.165) is 6.42 Å². The third kappa shape index (κ3) is 7.87. The Labute approximate surface area is 116 Å². The molecule has 0 heterocycles. The summed E-state index contributed by atoms with van der Waals surface area (Å²) in [7, 11) is -0.172. The van der Waals surface area contributed by atoms with Gasteiger partial charge in [0, 0.05) is 15.4 Å². The molecule has 0 amide bonds. The summed E-state index contributed by atoms with van der Waals surface area (Å²) in [5, 5.41) is 18.8. The lowest BCUT2D eigenvalue weighted by Gasteiger charge is -2.13. The minimum atomic E-state index is -0.623. The van der Waals surface area contributed by atoms with Crippen molar-refractivity contribution in [2.24, 2.45) is 0 Å². The summed E-state index contributed by atoms with van der Waals surface area (Å²) in [6.07, 6.45) is 0.439. The zero-order valence-electron chi connectivity index (χ0n) is 11.6. The van der Waals surface area contributed by atoms with Gasteiger partial charge in [-0.15, -0.1) is 0 Å². The molecular formula is C14H23O4Si. The van der Waals surface area contributed by atoms with E-state index in [9.17, 15) is 5.11 Å². The van der Waals surface area contributed by atoms with Crippen molar-refractivity contribution in [3.63, 3.8) is 0 Å². The summed E-state index contributed by atoms with van der Waals surface area (Å²) in [5.74, 6) is 0.824. The molecule has 0 saturated heterocycles. The molecule has 1 atom stereocenters. The Morgan fingerprint density at radius 1 is 1.16 bits per heavy atom. The number of phenols is 1. The van der Waals surface area contributed by atoms with Gasteiger partial charge in [0.15, 0.2) is 0 Å². The van der Waals surface area contributed by atoms with E-state index in [-0.39, 0.29) is 21.2 Å². The molecule has 1 rings (SSSR count). The third-order valence-corrected chi connectivity index (χ3v) is 3.91. The van der Waals surface area contributed by atoms with Gasteiger partial charge in [0.1, 0.15) is 24.2 Å². The van der Waals surface area contributed by atoms with Crippen LogP contribution < -0.4 is 4.74 Å². The van der Waals surface area contributed by atoms with Crippen molar-refractivity contribution in [3.8, 4) is 11.5 Å². The number of benzene rings is 1. The first-order valence-electron chi connectivity index (χ1n) is 6.54. The minimum Gasteiger partial charge on any atom is -0.508 e. The molecule has 0 aliphatic heterocycles. The summed E-state index contributed by atoms with van der Waals surface area (Å²) in [6.45, 7) is 5.76. The molecule has 0 aliphatic rings. The van der Waals surface area contributed by atoms with E-state index >= 15 is 0 Å². The van der Waals surface area contributed by atoms with E-state index in [1.807, 2.05) is 0 Å². The summed E-state index contributed by atoms with van der Waals surface area (Å²) in [4.78, 5) is 0. The lowest BCUT2D eigenvalue weighted by atomic mass is 10.3. The lowest BCUT2D eigenvalue weighted by molar-refractivity contribution is 0.0123. The van der Waals surface area contributed by atoms with Crippen LogP contribution in [0.4, 0.5) is 0 Å². The predicted octanol–water partition coefficient (Wildman–Crippen LogP) is 2.29. The van der Waals surface area contributed by atoms with Crippen LogP contribution >= 0.6 is 0 Å². The highest BCUT2D eigenvalue weighted by atomic mass is 28.3. The Morgan fingerprint density at radius 2 is 1.84 bits per heavy atom. The van der Waals surface area contributed by atoms with Crippen LogP contribution in [0.5, 0.6) is 11.5 Å².